The van der Waals surface area contributed by atoms with Crippen molar-refractivity contribution in [2.75, 3.05) is 26.2 Å². The molecule has 1 saturated heterocycles. The summed E-state index contributed by atoms with van der Waals surface area (Å²) in [6.07, 6.45) is 1.17. The molecule has 8 heteroatoms. The summed E-state index contributed by atoms with van der Waals surface area (Å²) in [4.78, 5) is 21.7. The van der Waals surface area contributed by atoms with E-state index in [1.165, 1.54) is 0 Å². The summed E-state index contributed by atoms with van der Waals surface area (Å²) in [6, 6.07) is 8.14. The zero-order valence-electron chi connectivity index (χ0n) is 16.5. The van der Waals surface area contributed by atoms with Crippen LogP contribution < -0.4 is 0 Å². The first-order valence-electron chi connectivity index (χ1n) is 9.88. The van der Waals surface area contributed by atoms with Crippen LogP contribution in [0.2, 0.25) is 0 Å². The van der Waals surface area contributed by atoms with Crippen LogP contribution in [0, 0.1) is 6.92 Å². The second-order valence-corrected chi connectivity index (χ2v) is 7.21. The molecule has 1 aromatic carbocycles. The predicted molar refractivity (Wildman–Crippen MR) is 105 cm³/mol. The van der Waals surface area contributed by atoms with Crippen LogP contribution in [-0.4, -0.2) is 61.8 Å². The number of hydrogen-bond donors (Lipinski definition) is 0. The highest BCUT2D eigenvalue weighted by atomic mass is 16.6. The van der Waals surface area contributed by atoms with Gasteiger partial charge in [-0.15, -0.1) is 0 Å². The van der Waals surface area contributed by atoms with E-state index in [4.69, 9.17) is 9.61 Å². The van der Waals surface area contributed by atoms with Crippen molar-refractivity contribution in [1.82, 2.24) is 29.7 Å². The lowest BCUT2D eigenvalue weighted by Crippen LogP contribution is -2.48. The van der Waals surface area contributed by atoms with E-state index < -0.39 is 0 Å². The highest BCUT2D eigenvalue weighted by molar-refractivity contribution is 5.78. The maximum absolute atomic E-state index is 12.7. The van der Waals surface area contributed by atoms with Crippen molar-refractivity contribution < 1.29 is 9.42 Å². The van der Waals surface area contributed by atoms with Crippen LogP contribution in [0.3, 0.4) is 0 Å². The Morgan fingerprint density at radius 3 is 2.64 bits per heavy atom. The molecule has 8 nitrogen and oxygen atoms in total. The number of para-hydroxylation sites is 2. The van der Waals surface area contributed by atoms with Crippen LogP contribution >= 0.6 is 0 Å². The average Bonchev–Trinajstić information content (AvgIpc) is 3.29. The van der Waals surface area contributed by atoms with Crippen molar-refractivity contribution in [1.29, 1.82) is 0 Å². The van der Waals surface area contributed by atoms with E-state index in [1.54, 1.807) is 0 Å². The van der Waals surface area contributed by atoms with E-state index in [0.717, 1.165) is 67.5 Å². The lowest BCUT2D eigenvalue weighted by molar-refractivity contribution is -0.133. The highest BCUT2D eigenvalue weighted by Gasteiger charge is 2.23. The molecule has 0 unspecified atom stereocenters. The van der Waals surface area contributed by atoms with Crippen molar-refractivity contribution >= 4 is 16.9 Å². The van der Waals surface area contributed by atoms with Crippen molar-refractivity contribution in [3.63, 3.8) is 0 Å². The molecule has 3 aromatic rings. The number of hydrogen-bond acceptors (Lipinski definition) is 6. The molecule has 28 heavy (non-hydrogen) atoms. The van der Waals surface area contributed by atoms with Gasteiger partial charge in [0.05, 0.1) is 11.0 Å². The van der Waals surface area contributed by atoms with Gasteiger partial charge in [0.15, 0.2) is 0 Å². The summed E-state index contributed by atoms with van der Waals surface area (Å²) in [5, 5.41) is 7.77. The number of nitrogens with zero attached hydrogens (tertiary/aromatic N) is 6. The quantitative estimate of drug-likeness (QED) is 0.649. The summed E-state index contributed by atoms with van der Waals surface area (Å²) in [7, 11) is 0. The van der Waals surface area contributed by atoms with E-state index in [-0.39, 0.29) is 5.91 Å². The van der Waals surface area contributed by atoms with Crippen molar-refractivity contribution in [3.8, 4) is 0 Å². The Hall–Kier alpha value is -2.74. The Morgan fingerprint density at radius 1 is 1.14 bits per heavy atom. The van der Waals surface area contributed by atoms with Crippen molar-refractivity contribution in [2.45, 2.75) is 39.8 Å². The molecule has 0 spiro atoms. The number of carbonyl (C=O) groups is 1. The van der Waals surface area contributed by atoms with E-state index in [1.807, 2.05) is 30.0 Å². The second-order valence-electron chi connectivity index (χ2n) is 7.21. The molecule has 3 heterocycles. The number of rotatable bonds is 6. The Morgan fingerprint density at radius 2 is 1.93 bits per heavy atom. The normalized spacial score (nSPS) is 15.4. The fraction of sp³-hybridized carbons (Fsp3) is 0.500. The number of imidazole rings is 1. The topological polar surface area (TPSA) is 80.3 Å². The minimum Gasteiger partial charge on any atom is -0.340 e. The number of benzene rings is 1. The maximum Gasteiger partial charge on any atom is 0.223 e. The smallest absolute Gasteiger partial charge is 0.223 e. The van der Waals surface area contributed by atoms with Gasteiger partial charge in [0.25, 0.3) is 0 Å². The summed E-state index contributed by atoms with van der Waals surface area (Å²) in [5.41, 5.74) is 3.84. The van der Waals surface area contributed by atoms with Gasteiger partial charge in [0.2, 0.25) is 5.91 Å². The molecule has 0 atom stereocenters. The van der Waals surface area contributed by atoms with Gasteiger partial charge in [-0.2, -0.15) is 0 Å². The Balaban J connectivity index is 1.31. The monoisotopic (exact) mass is 382 g/mol. The average molecular weight is 382 g/mol. The van der Waals surface area contributed by atoms with Gasteiger partial charge < -0.3 is 9.47 Å². The third-order valence-corrected chi connectivity index (χ3v) is 5.46. The maximum atomic E-state index is 12.7. The summed E-state index contributed by atoms with van der Waals surface area (Å²) < 4.78 is 6.96. The molecule has 4 rings (SSSR count). The molecule has 0 bridgehead atoms. The second kappa shape index (κ2) is 8.10. The van der Waals surface area contributed by atoms with Crippen LogP contribution in [0.4, 0.5) is 0 Å². The Kier molecular flexibility index (Phi) is 5.38. The summed E-state index contributed by atoms with van der Waals surface area (Å²) in [6.45, 7) is 8.76. The lowest BCUT2D eigenvalue weighted by Gasteiger charge is -2.34. The van der Waals surface area contributed by atoms with E-state index in [0.29, 0.717) is 12.8 Å². The van der Waals surface area contributed by atoms with Crippen LogP contribution in [0.25, 0.3) is 11.0 Å². The first-order valence-corrected chi connectivity index (χ1v) is 9.88. The molecule has 2 aromatic heterocycles. The first kappa shape index (κ1) is 18.6. The summed E-state index contributed by atoms with van der Waals surface area (Å²) in [5.74, 6) is 1.19. The van der Waals surface area contributed by atoms with Gasteiger partial charge >= 0.3 is 0 Å². The van der Waals surface area contributed by atoms with Crippen molar-refractivity contribution in [2.24, 2.45) is 0 Å². The van der Waals surface area contributed by atoms with Gasteiger partial charge in [0, 0.05) is 52.1 Å². The number of aromatic nitrogens is 4. The van der Waals surface area contributed by atoms with Crippen LogP contribution in [-0.2, 0) is 24.3 Å². The minimum atomic E-state index is 0.202. The van der Waals surface area contributed by atoms with Crippen LogP contribution in [0.15, 0.2) is 28.9 Å². The SMILES string of the molecule is CCn1c(CCC(=O)N2CCN(Cc3nonc3C)CC2)nc2ccccc21. The number of aryl methyl sites for hydroxylation is 3. The highest BCUT2D eigenvalue weighted by Crippen LogP contribution is 2.17. The van der Waals surface area contributed by atoms with E-state index in [2.05, 4.69) is 32.8 Å². The molecule has 1 amide bonds. The molecule has 0 aliphatic carbocycles. The molecular weight excluding hydrogens is 356 g/mol. The van der Waals surface area contributed by atoms with Gasteiger partial charge in [0.1, 0.15) is 17.2 Å². The molecule has 1 fully saturated rings. The molecule has 0 N–H and O–H groups in total. The molecule has 0 saturated carbocycles. The molecule has 148 valence electrons. The zero-order chi connectivity index (χ0) is 19.5. The van der Waals surface area contributed by atoms with Crippen molar-refractivity contribution in [3.05, 3.63) is 41.5 Å². The third kappa shape index (κ3) is 3.77. The molecular formula is C20H26N6O2. The Bertz CT molecular complexity index is 955. The summed E-state index contributed by atoms with van der Waals surface area (Å²) >= 11 is 0. The van der Waals surface area contributed by atoms with Gasteiger partial charge in [-0.25, -0.2) is 9.61 Å². The molecule has 1 aliphatic rings. The fourth-order valence-corrected chi connectivity index (χ4v) is 3.81. The predicted octanol–water partition coefficient (Wildman–Crippen LogP) is 2.02. The largest absolute Gasteiger partial charge is 0.340 e. The van der Waals surface area contributed by atoms with Gasteiger partial charge in [-0.1, -0.05) is 22.4 Å². The Labute approximate surface area is 164 Å². The number of fused-ring (bicyclic) bond motifs is 1. The third-order valence-electron chi connectivity index (χ3n) is 5.46. The van der Waals surface area contributed by atoms with E-state index >= 15 is 0 Å². The lowest BCUT2D eigenvalue weighted by atomic mass is 10.2. The first-order chi connectivity index (χ1) is 13.7. The van der Waals surface area contributed by atoms with E-state index in [9.17, 15) is 4.79 Å². The number of amides is 1. The fourth-order valence-electron chi connectivity index (χ4n) is 3.81. The number of piperazine rings is 1. The zero-order valence-corrected chi connectivity index (χ0v) is 16.5. The minimum absolute atomic E-state index is 0.202. The standard InChI is InChI=1S/C20H26N6O2/c1-3-26-18-7-5-4-6-16(18)21-19(26)8-9-20(27)25-12-10-24(11-13-25)14-17-15(2)22-28-23-17/h4-7H,3,8-14H2,1-2H3. The molecule has 0 radical (unpaired) electrons. The molecule has 1 aliphatic heterocycles. The van der Waals surface area contributed by atoms with Gasteiger partial charge in [-0.3, -0.25) is 9.69 Å². The van der Waals surface area contributed by atoms with Crippen LogP contribution in [0.1, 0.15) is 30.6 Å². The van der Waals surface area contributed by atoms with Gasteiger partial charge in [-0.05, 0) is 26.0 Å². The van der Waals surface area contributed by atoms with Crippen LogP contribution in [0.5, 0.6) is 0 Å². The number of carbonyl (C=O) groups excluding carboxylic acids is 1.